The molecule has 0 aromatic rings. The predicted molar refractivity (Wildman–Crippen MR) is 112 cm³/mol. The molecule has 1 aliphatic carbocycles. The number of nitrogens with one attached hydrogen (secondary N) is 1. The standard InChI is InChI=1S/C23H38N2O5/c1-16(29-14-23-6-5-17(11-23)30-15-23)18(24-20(27)21(2,3)4)19(26)25-9-7-22(8-10-25)12-28-13-22/h16-18H,5-15H2,1-4H3,(H,24,27). The molecular formula is C23H38N2O5. The number of hydrogen-bond acceptors (Lipinski definition) is 5. The van der Waals surface area contributed by atoms with Crippen molar-refractivity contribution in [2.24, 2.45) is 16.2 Å². The van der Waals surface area contributed by atoms with E-state index in [1.165, 1.54) is 0 Å². The molecule has 4 atom stereocenters. The molecule has 2 amide bonds. The second-order valence-electron chi connectivity index (χ2n) is 11.2. The Bertz CT molecular complexity index is 651. The minimum absolute atomic E-state index is 0.0281. The van der Waals surface area contributed by atoms with Gasteiger partial charge in [0.1, 0.15) is 6.04 Å². The maximum Gasteiger partial charge on any atom is 0.247 e. The summed E-state index contributed by atoms with van der Waals surface area (Å²) < 4.78 is 17.4. The van der Waals surface area contributed by atoms with Crippen molar-refractivity contribution in [3.8, 4) is 0 Å². The first-order valence-electron chi connectivity index (χ1n) is 11.5. The molecule has 3 heterocycles. The Balaban J connectivity index is 1.40. The number of amides is 2. The summed E-state index contributed by atoms with van der Waals surface area (Å²) in [6, 6.07) is -0.667. The molecule has 0 radical (unpaired) electrons. The van der Waals surface area contributed by atoms with Crippen molar-refractivity contribution in [3.63, 3.8) is 0 Å². The first-order chi connectivity index (χ1) is 14.1. The van der Waals surface area contributed by atoms with Crippen molar-refractivity contribution in [1.29, 1.82) is 0 Å². The van der Waals surface area contributed by atoms with Crippen LogP contribution in [0.4, 0.5) is 0 Å². The van der Waals surface area contributed by atoms with Gasteiger partial charge >= 0.3 is 0 Å². The van der Waals surface area contributed by atoms with Crippen molar-refractivity contribution >= 4 is 11.8 Å². The van der Waals surface area contributed by atoms with Gasteiger partial charge in [0.25, 0.3) is 0 Å². The van der Waals surface area contributed by atoms with Gasteiger partial charge in [0.05, 0.1) is 38.6 Å². The zero-order valence-corrected chi connectivity index (χ0v) is 19.0. The maximum atomic E-state index is 13.4. The molecule has 4 fully saturated rings. The lowest BCUT2D eigenvalue weighted by molar-refractivity contribution is -0.158. The van der Waals surface area contributed by atoms with Gasteiger partial charge in [-0.25, -0.2) is 0 Å². The number of carbonyl (C=O) groups excluding carboxylic acids is 2. The van der Waals surface area contributed by atoms with Gasteiger partial charge in [0.15, 0.2) is 0 Å². The van der Waals surface area contributed by atoms with Crippen LogP contribution < -0.4 is 5.32 Å². The molecule has 7 nitrogen and oxygen atoms in total. The number of rotatable bonds is 6. The Morgan fingerprint density at radius 1 is 1.17 bits per heavy atom. The zero-order chi connectivity index (χ0) is 21.6. The highest BCUT2D eigenvalue weighted by molar-refractivity contribution is 5.90. The lowest BCUT2D eigenvalue weighted by Crippen LogP contribution is -2.59. The second kappa shape index (κ2) is 8.06. The number of fused-ring (bicyclic) bond motifs is 2. The monoisotopic (exact) mass is 422 g/mol. The molecule has 0 aromatic carbocycles. The van der Waals surface area contributed by atoms with E-state index in [1.807, 2.05) is 32.6 Å². The van der Waals surface area contributed by atoms with Crippen LogP contribution >= 0.6 is 0 Å². The predicted octanol–water partition coefficient (Wildman–Crippen LogP) is 2.13. The van der Waals surface area contributed by atoms with E-state index in [0.717, 1.165) is 65.0 Å². The molecule has 0 aromatic heterocycles. The van der Waals surface area contributed by atoms with E-state index in [4.69, 9.17) is 14.2 Å². The number of piperidine rings is 1. The van der Waals surface area contributed by atoms with Crippen LogP contribution in [0.2, 0.25) is 0 Å². The van der Waals surface area contributed by atoms with Gasteiger partial charge in [-0.05, 0) is 39.0 Å². The van der Waals surface area contributed by atoms with Crippen LogP contribution in [-0.2, 0) is 23.8 Å². The fourth-order valence-corrected chi connectivity index (χ4v) is 5.11. The van der Waals surface area contributed by atoms with Gasteiger partial charge in [0.2, 0.25) is 11.8 Å². The topological polar surface area (TPSA) is 77.1 Å². The van der Waals surface area contributed by atoms with E-state index >= 15 is 0 Å². The largest absolute Gasteiger partial charge is 0.380 e. The van der Waals surface area contributed by atoms with Crippen LogP contribution in [0.3, 0.4) is 0 Å². The number of hydrogen-bond donors (Lipinski definition) is 1. The van der Waals surface area contributed by atoms with Crippen LogP contribution in [0.5, 0.6) is 0 Å². The third kappa shape index (κ3) is 4.39. The van der Waals surface area contributed by atoms with E-state index in [9.17, 15) is 9.59 Å². The Morgan fingerprint density at radius 3 is 2.33 bits per heavy atom. The third-order valence-electron chi connectivity index (χ3n) is 7.59. The summed E-state index contributed by atoms with van der Waals surface area (Å²) in [4.78, 5) is 28.1. The lowest BCUT2D eigenvalue weighted by Gasteiger charge is -2.48. The van der Waals surface area contributed by atoms with Gasteiger partial charge in [-0.15, -0.1) is 0 Å². The molecule has 2 bridgehead atoms. The molecule has 3 saturated heterocycles. The molecule has 7 heteroatoms. The van der Waals surface area contributed by atoms with Crippen LogP contribution in [0.1, 0.15) is 59.8 Å². The Hall–Kier alpha value is -1.18. The fraction of sp³-hybridized carbons (Fsp3) is 0.913. The molecule has 1 N–H and O–H groups in total. The summed E-state index contributed by atoms with van der Waals surface area (Å²) in [7, 11) is 0. The van der Waals surface area contributed by atoms with E-state index in [-0.39, 0.29) is 28.7 Å². The Kier molecular flexibility index (Phi) is 5.92. The molecule has 4 aliphatic rings. The van der Waals surface area contributed by atoms with Gasteiger partial charge in [0, 0.05) is 29.3 Å². The fourth-order valence-electron chi connectivity index (χ4n) is 5.11. The van der Waals surface area contributed by atoms with E-state index < -0.39 is 11.5 Å². The van der Waals surface area contributed by atoms with Crippen LogP contribution in [0.25, 0.3) is 0 Å². The van der Waals surface area contributed by atoms with Crippen molar-refractivity contribution in [2.45, 2.75) is 78.0 Å². The minimum atomic E-state index is -0.667. The Morgan fingerprint density at radius 2 is 1.87 bits per heavy atom. The molecular weight excluding hydrogens is 384 g/mol. The number of likely N-dealkylation sites (tertiary alicyclic amines) is 1. The molecule has 4 rings (SSSR count). The SMILES string of the molecule is CC(OCC12CCC(C1)OC2)C(NC(=O)C(C)(C)C)C(=O)N1CCC2(CC1)COC2. The smallest absolute Gasteiger partial charge is 0.247 e. The van der Waals surface area contributed by atoms with Gasteiger partial charge < -0.3 is 24.4 Å². The third-order valence-corrected chi connectivity index (χ3v) is 7.59. The van der Waals surface area contributed by atoms with Crippen LogP contribution in [-0.4, -0.2) is 74.5 Å². The van der Waals surface area contributed by atoms with Crippen molar-refractivity contribution in [2.75, 3.05) is 39.5 Å². The number of ether oxygens (including phenoxy) is 3. The molecule has 1 saturated carbocycles. The highest BCUT2D eigenvalue weighted by atomic mass is 16.5. The van der Waals surface area contributed by atoms with Gasteiger partial charge in [-0.3, -0.25) is 9.59 Å². The minimum Gasteiger partial charge on any atom is -0.380 e. The van der Waals surface area contributed by atoms with Crippen molar-refractivity contribution < 1.29 is 23.8 Å². The quantitative estimate of drug-likeness (QED) is 0.710. The molecule has 170 valence electrons. The van der Waals surface area contributed by atoms with Crippen LogP contribution in [0, 0.1) is 16.2 Å². The summed E-state index contributed by atoms with van der Waals surface area (Å²) in [5, 5.41) is 3.01. The van der Waals surface area contributed by atoms with E-state index in [1.54, 1.807) is 0 Å². The molecule has 1 spiro atoms. The van der Waals surface area contributed by atoms with E-state index in [2.05, 4.69) is 5.32 Å². The summed E-state index contributed by atoms with van der Waals surface area (Å²) in [5.41, 5.74) is -0.212. The first-order valence-corrected chi connectivity index (χ1v) is 11.5. The number of carbonyl (C=O) groups is 2. The lowest BCUT2D eigenvalue weighted by atomic mass is 9.76. The van der Waals surface area contributed by atoms with Crippen LogP contribution in [0.15, 0.2) is 0 Å². The van der Waals surface area contributed by atoms with E-state index in [0.29, 0.717) is 12.7 Å². The summed E-state index contributed by atoms with van der Waals surface area (Å²) in [6.07, 6.45) is 5.18. The van der Waals surface area contributed by atoms with Crippen molar-refractivity contribution in [1.82, 2.24) is 10.2 Å². The van der Waals surface area contributed by atoms with Gasteiger partial charge in [-0.1, -0.05) is 20.8 Å². The molecule has 4 unspecified atom stereocenters. The summed E-state index contributed by atoms with van der Waals surface area (Å²) in [5.74, 6) is -0.153. The second-order valence-corrected chi connectivity index (χ2v) is 11.2. The van der Waals surface area contributed by atoms with Gasteiger partial charge in [-0.2, -0.15) is 0 Å². The summed E-state index contributed by atoms with van der Waals surface area (Å²) in [6.45, 7) is 11.9. The normalized spacial score (nSPS) is 32.0. The maximum absolute atomic E-state index is 13.4. The average Bonchev–Trinajstić information content (AvgIpc) is 3.29. The molecule has 30 heavy (non-hydrogen) atoms. The highest BCUT2D eigenvalue weighted by Gasteiger charge is 2.47. The first kappa shape index (κ1) is 22.0. The van der Waals surface area contributed by atoms with Crippen molar-refractivity contribution in [3.05, 3.63) is 0 Å². The zero-order valence-electron chi connectivity index (χ0n) is 19.0. The summed E-state index contributed by atoms with van der Waals surface area (Å²) >= 11 is 0. The molecule has 3 aliphatic heterocycles. The number of nitrogens with zero attached hydrogens (tertiary/aromatic N) is 1. The Labute approximate surface area is 180 Å². The average molecular weight is 423 g/mol. The highest BCUT2D eigenvalue weighted by Crippen LogP contribution is 2.46.